The molecular weight excluding hydrogens is 785 g/mol. The molecular formula is C34H23F15N2O4. The van der Waals surface area contributed by atoms with E-state index in [9.17, 15) is 80.2 Å². The lowest BCUT2D eigenvalue weighted by Gasteiger charge is -2.41. The Hall–Kier alpha value is -4.98. The van der Waals surface area contributed by atoms with Crippen molar-refractivity contribution in [2.45, 2.75) is 79.9 Å². The lowest BCUT2D eigenvalue weighted by Crippen LogP contribution is -2.73. The highest BCUT2D eigenvalue weighted by atomic mass is 19.4. The van der Waals surface area contributed by atoms with E-state index in [1.807, 2.05) is 0 Å². The smallest absolute Gasteiger partial charge is 0.455 e. The molecule has 0 aromatic heterocycles. The summed E-state index contributed by atoms with van der Waals surface area (Å²) in [6.45, 7) is 0. The molecule has 1 fully saturated rings. The Kier molecular flexibility index (Phi) is 10.00. The molecule has 0 unspecified atom stereocenters. The molecule has 3 aromatic carbocycles. The number of carbonyl (C=O) groups excluding carboxylic acids is 3. The van der Waals surface area contributed by atoms with E-state index in [0.29, 0.717) is 25.0 Å². The molecule has 6 nitrogen and oxygen atoms in total. The second kappa shape index (κ2) is 13.3. The predicted octanol–water partition coefficient (Wildman–Crippen LogP) is 10.1. The van der Waals surface area contributed by atoms with Gasteiger partial charge in [-0.25, -0.2) is 0 Å². The molecule has 0 heterocycles. The highest BCUT2D eigenvalue weighted by Gasteiger charge is 2.94. The topological polar surface area (TPSA) is 98.5 Å². The van der Waals surface area contributed by atoms with E-state index in [2.05, 4.69) is 5.32 Å². The maximum atomic E-state index is 14.6. The minimum absolute atomic E-state index is 0.0193. The first-order valence-electron chi connectivity index (χ1n) is 15.7. The minimum Gasteiger partial charge on any atom is -0.455 e. The number of alkyl halides is 15. The summed E-state index contributed by atoms with van der Waals surface area (Å²) in [6.07, 6.45) is -3.85. The molecule has 55 heavy (non-hydrogen) atoms. The molecule has 2 aliphatic carbocycles. The molecule has 0 bridgehead atoms. The van der Waals surface area contributed by atoms with Crippen LogP contribution >= 0.6 is 0 Å². The van der Waals surface area contributed by atoms with Gasteiger partial charge in [-0.3, -0.25) is 14.4 Å². The van der Waals surface area contributed by atoms with Crippen molar-refractivity contribution in [2.24, 2.45) is 0 Å². The highest BCUT2D eigenvalue weighted by Crippen LogP contribution is 2.62. The fraction of sp³-hybridized carbons (Fsp3) is 0.382. The van der Waals surface area contributed by atoms with Gasteiger partial charge in [0.25, 0.3) is 0 Å². The van der Waals surface area contributed by atoms with Gasteiger partial charge >= 0.3 is 41.7 Å². The minimum atomic E-state index is -8.54. The molecule has 298 valence electrons. The number of hydrogen-bond donors (Lipinski definition) is 2. The number of nitrogens with one attached hydrogen (secondary N) is 1. The lowest BCUT2D eigenvalue weighted by molar-refractivity contribution is -0.449. The van der Waals surface area contributed by atoms with Gasteiger partial charge in [-0.05, 0) is 37.1 Å². The number of hydrogen-bond acceptors (Lipinski definition) is 6. The van der Waals surface area contributed by atoms with Gasteiger partial charge in [-0.1, -0.05) is 43.5 Å². The number of ether oxygens (including phenoxy) is 1. The van der Waals surface area contributed by atoms with Gasteiger partial charge in [0.1, 0.15) is 5.75 Å². The molecule has 0 saturated heterocycles. The summed E-state index contributed by atoms with van der Waals surface area (Å²) >= 11 is 0. The molecule has 1 saturated carbocycles. The zero-order valence-corrected chi connectivity index (χ0v) is 27.2. The van der Waals surface area contributed by atoms with Crippen molar-refractivity contribution < 1.29 is 85.0 Å². The SMILES string of the molecule is Nc1c(Oc2ccc(C(=O)C(F)(F)C(F)(F)C(F)(F)C(F)(F)C(F)(F)C(F)(F)C(F)(F)F)cc2)cc(NC2CCCCC2)c2c1C(=O)c1ccccc1C2=O. The van der Waals surface area contributed by atoms with Crippen LogP contribution in [0.5, 0.6) is 11.5 Å². The van der Waals surface area contributed by atoms with E-state index in [4.69, 9.17) is 10.5 Å². The van der Waals surface area contributed by atoms with Gasteiger partial charge in [0.15, 0.2) is 17.3 Å². The van der Waals surface area contributed by atoms with Crippen LogP contribution in [-0.2, 0) is 0 Å². The average Bonchev–Trinajstić information content (AvgIpc) is 3.11. The Balaban J connectivity index is 1.47. The number of benzene rings is 3. The second-order valence-corrected chi connectivity index (χ2v) is 12.7. The molecule has 0 amide bonds. The monoisotopic (exact) mass is 808 g/mol. The summed E-state index contributed by atoms with van der Waals surface area (Å²) in [4.78, 5) is 39.5. The third kappa shape index (κ3) is 6.22. The van der Waals surface area contributed by atoms with E-state index >= 15 is 0 Å². The van der Waals surface area contributed by atoms with Crippen LogP contribution in [0.25, 0.3) is 0 Å². The van der Waals surface area contributed by atoms with Gasteiger partial charge in [0, 0.05) is 28.8 Å². The zero-order chi connectivity index (χ0) is 41.3. The Bertz CT molecular complexity index is 2020. The van der Waals surface area contributed by atoms with Crippen LogP contribution in [0.1, 0.15) is 74.3 Å². The van der Waals surface area contributed by atoms with Crippen LogP contribution in [0.4, 0.5) is 77.2 Å². The predicted molar refractivity (Wildman–Crippen MR) is 161 cm³/mol. The number of halogens is 15. The number of nitrogen functional groups attached to an aromatic ring is 1. The molecule has 0 spiro atoms. The summed E-state index contributed by atoms with van der Waals surface area (Å²) in [7, 11) is 0. The fourth-order valence-corrected chi connectivity index (χ4v) is 6.05. The number of fused-ring (bicyclic) bond motifs is 2. The third-order valence-corrected chi connectivity index (χ3v) is 9.12. The van der Waals surface area contributed by atoms with Gasteiger partial charge in [-0.15, -0.1) is 0 Å². The van der Waals surface area contributed by atoms with E-state index in [-0.39, 0.29) is 51.9 Å². The van der Waals surface area contributed by atoms with Crippen LogP contribution in [-0.4, -0.2) is 65.1 Å². The lowest BCUT2D eigenvalue weighted by atomic mass is 9.81. The van der Waals surface area contributed by atoms with Crippen LogP contribution in [0, 0.1) is 0 Å². The standard InChI is InChI=1S/C34H23F15N2O4/c35-28(36,29(37,38)30(39,40)31(41,42)32(43,44)33(45,46)34(47,48)49)27(54)15-10-12-17(13-11-15)55-21-14-20(51-16-6-2-1-3-7-16)22-23(24(21)50)26(53)19-9-5-4-8-18(19)25(22)52/h4-5,8-14,16,51H,1-3,6-7,50H2. The van der Waals surface area contributed by atoms with E-state index in [1.54, 1.807) is 0 Å². The number of rotatable bonds is 11. The maximum absolute atomic E-state index is 14.6. The summed E-state index contributed by atoms with van der Waals surface area (Å²) in [5.74, 6) is -54.4. The van der Waals surface area contributed by atoms with Crippen molar-refractivity contribution >= 4 is 28.7 Å². The van der Waals surface area contributed by atoms with Crippen molar-refractivity contribution in [2.75, 3.05) is 11.1 Å². The second-order valence-electron chi connectivity index (χ2n) is 12.7. The molecule has 5 rings (SSSR count). The largest absolute Gasteiger partial charge is 0.460 e. The molecule has 2 aliphatic rings. The highest BCUT2D eigenvalue weighted by molar-refractivity contribution is 6.32. The maximum Gasteiger partial charge on any atom is 0.460 e. The van der Waals surface area contributed by atoms with Crippen molar-refractivity contribution in [3.63, 3.8) is 0 Å². The van der Waals surface area contributed by atoms with E-state index in [1.165, 1.54) is 30.3 Å². The molecule has 3 aromatic rings. The summed E-state index contributed by atoms with van der Waals surface area (Å²) < 4.78 is 210. The van der Waals surface area contributed by atoms with Crippen molar-refractivity contribution in [3.8, 4) is 11.5 Å². The van der Waals surface area contributed by atoms with E-state index < -0.39 is 76.1 Å². The average molecular weight is 809 g/mol. The Morgan fingerprint density at radius 3 is 1.62 bits per heavy atom. The van der Waals surface area contributed by atoms with Crippen LogP contribution < -0.4 is 15.8 Å². The van der Waals surface area contributed by atoms with Gasteiger partial charge in [-0.2, -0.15) is 65.9 Å². The quantitative estimate of drug-likeness (QED) is 0.0890. The van der Waals surface area contributed by atoms with Crippen LogP contribution in [0.2, 0.25) is 0 Å². The zero-order valence-electron chi connectivity index (χ0n) is 27.2. The van der Waals surface area contributed by atoms with Gasteiger partial charge in [0.2, 0.25) is 5.78 Å². The first-order valence-corrected chi connectivity index (χ1v) is 15.7. The van der Waals surface area contributed by atoms with E-state index in [0.717, 1.165) is 19.3 Å². The third-order valence-electron chi connectivity index (χ3n) is 9.12. The van der Waals surface area contributed by atoms with Crippen molar-refractivity contribution in [1.82, 2.24) is 0 Å². The Morgan fingerprint density at radius 1 is 0.636 bits per heavy atom. The number of nitrogens with two attached hydrogens (primary N) is 1. The molecule has 3 N–H and O–H groups in total. The normalized spacial score (nSPS) is 16.4. The first kappa shape index (κ1) is 41.2. The van der Waals surface area contributed by atoms with Crippen LogP contribution in [0.3, 0.4) is 0 Å². The molecule has 0 radical (unpaired) electrons. The van der Waals surface area contributed by atoms with Crippen molar-refractivity contribution in [3.05, 3.63) is 82.4 Å². The number of ketones is 3. The summed E-state index contributed by atoms with van der Waals surface area (Å²) in [6, 6.07) is 8.17. The number of anilines is 2. The van der Waals surface area contributed by atoms with Gasteiger partial charge < -0.3 is 15.8 Å². The Morgan fingerprint density at radius 2 is 1.11 bits per heavy atom. The molecule has 21 heteroatoms. The Labute approximate surface area is 298 Å². The first-order chi connectivity index (χ1) is 25.1. The number of carbonyl (C=O) groups is 3. The van der Waals surface area contributed by atoms with Gasteiger partial charge in [0.05, 0.1) is 22.5 Å². The van der Waals surface area contributed by atoms with Crippen LogP contribution in [0.15, 0.2) is 54.6 Å². The number of Topliss-reactive ketones (excluding diaryl/α,β-unsaturated/α-hetero) is 1. The fourth-order valence-electron chi connectivity index (χ4n) is 6.05. The summed E-state index contributed by atoms with van der Waals surface area (Å²) in [5.41, 5.74) is 3.82. The molecule has 0 aliphatic heterocycles. The van der Waals surface area contributed by atoms with Crippen molar-refractivity contribution in [1.29, 1.82) is 0 Å². The summed E-state index contributed by atoms with van der Waals surface area (Å²) in [5, 5.41) is 3.18. The molecule has 0 atom stereocenters.